The van der Waals surface area contributed by atoms with Crippen molar-refractivity contribution >= 4 is 17.7 Å². The third kappa shape index (κ3) is 4.97. The van der Waals surface area contributed by atoms with Crippen LogP contribution in [0.25, 0.3) is 0 Å². The van der Waals surface area contributed by atoms with Crippen LogP contribution in [0.15, 0.2) is 24.3 Å². The van der Waals surface area contributed by atoms with Gasteiger partial charge in [0.2, 0.25) is 0 Å². The highest BCUT2D eigenvalue weighted by atomic mass is 16.4. The molecule has 0 aliphatic rings. The largest absolute Gasteiger partial charge is 0.481 e. The molecular weight excluding hydrogens is 246 g/mol. The maximum atomic E-state index is 11.9. The van der Waals surface area contributed by atoms with E-state index in [9.17, 15) is 9.59 Å². The maximum Gasteiger partial charge on any atom is 0.321 e. The number of para-hydroxylation sites is 1. The van der Waals surface area contributed by atoms with Crippen LogP contribution in [0.2, 0.25) is 0 Å². The van der Waals surface area contributed by atoms with E-state index in [1.807, 2.05) is 7.05 Å². The number of carbonyl (C=O) groups is 2. The van der Waals surface area contributed by atoms with Crippen LogP contribution in [0.5, 0.6) is 0 Å². The molecule has 0 unspecified atom stereocenters. The molecule has 3 N–H and O–H groups in total. The van der Waals surface area contributed by atoms with Crippen LogP contribution in [-0.4, -0.2) is 49.2 Å². The number of hydrogen-bond acceptors (Lipinski definition) is 3. The highest BCUT2D eigenvalue weighted by Crippen LogP contribution is 2.16. The number of carbonyl (C=O) groups excluding carboxylic acids is 1. The van der Waals surface area contributed by atoms with Crippen molar-refractivity contribution in [1.82, 2.24) is 10.2 Å². The molecule has 6 nitrogen and oxygen atoms in total. The summed E-state index contributed by atoms with van der Waals surface area (Å²) in [6.45, 7) is 1.27. The number of nitrogens with zero attached hydrogens (tertiary/aromatic N) is 1. The van der Waals surface area contributed by atoms with E-state index in [4.69, 9.17) is 5.11 Å². The first-order valence-corrected chi connectivity index (χ1v) is 6.01. The van der Waals surface area contributed by atoms with Crippen molar-refractivity contribution in [3.8, 4) is 0 Å². The van der Waals surface area contributed by atoms with Gasteiger partial charge in [0.15, 0.2) is 0 Å². The predicted octanol–water partition coefficient (Wildman–Crippen LogP) is 0.997. The second-order valence-electron chi connectivity index (χ2n) is 4.18. The SMILES string of the molecule is CNCCN(C)C(=O)Nc1ccccc1CC(=O)O. The minimum Gasteiger partial charge on any atom is -0.481 e. The van der Waals surface area contributed by atoms with E-state index < -0.39 is 5.97 Å². The van der Waals surface area contributed by atoms with Crippen LogP contribution < -0.4 is 10.6 Å². The van der Waals surface area contributed by atoms with Crippen LogP contribution in [-0.2, 0) is 11.2 Å². The zero-order valence-electron chi connectivity index (χ0n) is 11.1. The van der Waals surface area contributed by atoms with Gasteiger partial charge in [0.25, 0.3) is 0 Å². The van der Waals surface area contributed by atoms with E-state index in [0.717, 1.165) is 0 Å². The van der Waals surface area contributed by atoms with Crippen molar-refractivity contribution in [1.29, 1.82) is 0 Å². The Hall–Kier alpha value is -2.08. The maximum absolute atomic E-state index is 11.9. The number of likely N-dealkylation sites (N-methyl/N-ethyl adjacent to an activating group) is 2. The Morgan fingerprint density at radius 1 is 1.32 bits per heavy atom. The zero-order chi connectivity index (χ0) is 14.3. The minimum atomic E-state index is -0.926. The van der Waals surface area contributed by atoms with Crippen molar-refractivity contribution in [3.05, 3.63) is 29.8 Å². The van der Waals surface area contributed by atoms with Crippen molar-refractivity contribution in [2.24, 2.45) is 0 Å². The first kappa shape index (κ1) is 15.0. The van der Waals surface area contributed by atoms with E-state index in [2.05, 4.69) is 10.6 Å². The molecule has 1 aromatic rings. The van der Waals surface area contributed by atoms with Crippen LogP contribution >= 0.6 is 0 Å². The lowest BCUT2D eigenvalue weighted by molar-refractivity contribution is -0.136. The molecule has 0 saturated carbocycles. The summed E-state index contributed by atoms with van der Waals surface area (Å²) in [6, 6.07) is 6.64. The summed E-state index contributed by atoms with van der Waals surface area (Å²) in [6.07, 6.45) is -0.114. The fraction of sp³-hybridized carbons (Fsp3) is 0.385. The quantitative estimate of drug-likeness (QED) is 0.716. The lowest BCUT2D eigenvalue weighted by atomic mass is 10.1. The van der Waals surface area contributed by atoms with E-state index in [0.29, 0.717) is 24.3 Å². The van der Waals surface area contributed by atoms with Crippen molar-refractivity contribution < 1.29 is 14.7 Å². The number of rotatable bonds is 6. The minimum absolute atomic E-state index is 0.114. The van der Waals surface area contributed by atoms with Gasteiger partial charge in [-0.2, -0.15) is 0 Å². The van der Waals surface area contributed by atoms with Crippen LogP contribution in [0, 0.1) is 0 Å². The summed E-state index contributed by atoms with van der Waals surface area (Å²) in [5.74, 6) is -0.926. The van der Waals surface area contributed by atoms with Crippen LogP contribution in [0.3, 0.4) is 0 Å². The molecule has 6 heteroatoms. The Balaban J connectivity index is 2.70. The summed E-state index contributed by atoms with van der Waals surface area (Å²) in [7, 11) is 3.50. The molecule has 0 saturated heterocycles. The number of hydrogen-bond donors (Lipinski definition) is 3. The summed E-state index contributed by atoms with van der Waals surface area (Å²) >= 11 is 0. The Bertz CT molecular complexity index is 449. The van der Waals surface area contributed by atoms with Gasteiger partial charge in [0.1, 0.15) is 0 Å². The number of benzene rings is 1. The first-order chi connectivity index (χ1) is 9.04. The summed E-state index contributed by atoms with van der Waals surface area (Å²) < 4.78 is 0. The topological polar surface area (TPSA) is 81.7 Å². The fourth-order valence-electron chi connectivity index (χ4n) is 1.55. The fourth-order valence-corrected chi connectivity index (χ4v) is 1.55. The Morgan fingerprint density at radius 2 is 2.00 bits per heavy atom. The molecule has 0 aliphatic carbocycles. The smallest absolute Gasteiger partial charge is 0.321 e. The van der Waals surface area contributed by atoms with Gasteiger partial charge in [0.05, 0.1) is 6.42 Å². The molecule has 0 fully saturated rings. The molecule has 104 valence electrons. The van der Waals surface area contributed by atoms with Gasteiger partial charge in [-0.05, 0) is 18.7 Å². The number of aliphatic carboxylic acids is 1. The van der Waals surface area contributed by atoms with Gasteiger partial charge in [-0.15, -0.1) is 0 Å². The average molecular weight is 265 g/mol. The molecule has 2 amide bonds. The summed E-state index contributed by atoms with van der Waals surface area (Å²) in [4.78, 5) is 24.2. The Kier molecular flexibility index (Phi) is 5.81. The summed E-state index contributed by atoms with van der Waals surface area (Å²) in [5, 5.41) is 14.5. The number of anilines is 1. The third-order valence-electron chi connectivity index (χ3n) is 2.64. The van der Waals surface area contributed by atoms with E-state index in [1.54, 1.807) is 31.3 Å². The molecule has 1 rings (SSSR count). The first-order valence-electron chi connectivity index (χ1n) is 6.01. The molecule has 0 bridgehead atoms. The number of nitrogens with one attached hydrogen (secondary N) is 2. The van der Waals surface area contributed by atoms with Gasteiger partial charge in [-0.1, -0.05) is 18.2 Å². The Labute approximate surface area is 112 Å². The van der Waals surface area contributed by atoms with E-state index in [-0.39, 0.29) is 12.5 Å². The molecule has 19 heavy (non-hydrogen) atoms. The molecule has 1 aromatic carbocycles. The van der Waals surface area contributed by atoms with E-state index in [1.165, 1.54) is 4.90 Å². The molecular formula is C13H19N3O3. The van der Waals surface area contributed by atoms with Crippen LogP contribution in [0.1, 0.15) is 5.56 Å². The van der Waals surface area contributed by atoms with Crippen molar-refractivity contribution in [2.45, 2.75) is 6.42 Å². The number of amides is 2. The average Bonchev–Trinajstić information content (AvgIpc) is 2.37. The monoisotopic (exact) mass is 265 g/mol. The lowest BCUT2D eigenvalue weighted by Gasteiger charge is -2.18. The zero-order valence-corrected chi connectivity index (χ0v) is 11.1. The molecule has 0 aliphatic heterocycles. The van der Waals surface area contributed by atoms with Crippen molar-refractivity contribution in [3.63, 3.8) is 0 Å². The molecule has 0 atom stereocenters. The van der Waals surface area contributed by atoms with Gasteiger partial charge in [-0.25, -0.2) is 4.79 Å². The third-order valence-corrected chi connectivity index (χ3v) is 2.64. The lowest BCUT2D eigenvalue weighted by Crippen LogP contribution is -2.36. The number of urea groups is 1. The second-order valence-corrected chi connectivity index (χ2v) is 4.18. The standard InChI is InChI=1S/C13H19N3O3/c1-14-7-8-16(2)13(19)15-11-6-4-3-5-10(11)9-12(17)18/h3-6,14H,7-9H2,1-2H3,(H,15,19)(H,17,18). The second kappa shape index (κ2) is 7.38. The van der Waals surface area contributed by atoms with E-state index >= 15 is 0 Å². The molecule has 0 aromatic heterocycles. The van der Waals surface area contributed by atoms with Crippen molar-refractivity contribution in [2.75, 3.05) is 32.5 Å². The highest BCUT2D eigenvalue weighted by Gasteiger charge is 2.11. The van der Waals surface area contributed by atoms with Gasteiger partial charge in [0, 0.05) is 25.8 Å². The number of carboxylic acid groups (broad SMARTS) is 1. The van der Waals surface area contributed by atoms with Gasteiger partial charge >= 0.3 is 12.0 Å². The molecule has 0 radical (unpaired) electrons. The van der Waals surface area contributed by atoms with Crippen LogP contribution in [0.4, 0.5) is 10.5 Å². The number of carboxylic acids is 1. The normalized spacial score (nSPS) is 10.0. The molecule has 0 spiro atoms. The molecule has 0 heterocycles. The van der Waals surface area contributed by atoms with Gasteiger partial charge in [-0.3, -0.25) is 4.79 Å². The Morgan fingerprint density at radius 3 is 2.63 bits per heavy atom. The summed E-state index contributed by atoms with van der Waals surface area (Å²) in [5.41, 5.74) is 1.12. The highest BCUT2D eigenvalue weighted by molar-refractivity contribution is 5.90. The predicted molar refractivity (Wildman–Crippen MR) is 73.4 cm³/mol. The van der Waals surface area contributed by atoms with Gasteiger partial charge < -0.3 is 20.6 Å².